The molecule has 0 rings (SSSR count). The molecular formula is C26H57N3. The molecule has 0 radical (unpaired) electrons. The van der Waals surface area contributed by atoms with Crippen molar-refractivity contribution in [2.24, 2.45) is 11.5 Å². The van der Waals surface area contributed by atoms with E-state index in [1.807, 2.05) is 0 Å². The largest absolute Gasteiger partial charge is 0.330 e. The van der Waals surface area contributed by atoms with Gasteiger partial charge in [0.25, 0.3) is 0 Å². The fraction of sp³-hybridized carbons (Fsp3) is 1.00. The molecule has 2 unspecified atom stereocenters. The minimum Gasteiger partial charge on any atom is -0.330 e. The Hall–Kier alpha value is -0.120. The van der Waals surface area contributed by atoms with Gasteiger partial charge in [-0.1, -0.05) is 104 Å². The third-order valence-electron chi connectivity index (χ3n) is 6.30. The van der Waals surface area contributed by atoms with E-state index in [2.05, 4.69) is 19.2 Å². The third kappa shape index (κ3) is 20.9. The van der Waals surface area contributed by atoms with E-state index in [9.17, 15) is 0 Å². The van der Waals surface area contributed by atoms with Crippen molar-refractivity contribution in [1.82, 2.24) is 5.32 Å². The SMILES string of the molecule is CCCCCCCCCC(CCCN)NC(CCCN)CCCCCCCCC. The summed E-state index contributed by atoms with van der Waals surface area (Å²) in [4.78, 5) is 0. The normalized spacial score (nSPS) is 13.7. The summed E-state index contributed by atoms with van der Waals surface area (Å²) in [6.45, 7) is 6.23. The van der Waals surface area contributed by atoms with Gasteiger partial charge in [0, 0.05) is 12.1 Å². The quantitative estimate of drug-likeness (QED) is 0.149. The highest BCUT2D eigenvalue weighted by Gasteiger charge is 2.15. The van der Waals surface area contributed by atoms with E-state index in [0.717, 1.165) is 25.9 Å². The Morgan fingerprint density at radius 3 is 1.10 bits per heavy atom. The highest BCUT2D eigenvalue weighted by atomic mass is 14.9. The van der Waals surface area contributed by atoms with Crippen LogP contribution < -0.4 is 16.8 Å². The first-order valence-electron chi connectivity index (χ1n) is 13.4. The predicted octanol–water partition coefficient (Wildman–Crippen LogP) is 7.07. The third-order valence-corrected chi connectivity index (χ3v) is 6.30. The van der Waals surface area contributed by atoms with Gasteiger partial charge in [-0.3, -0.25) is 0 Å². The summed E-state index contributed by atoms with van der Waals surface area (Å²) in [7, 11) is 0. The maximum absolute atomic E-state index is 5.81. The molecular weight excluding hydrogens is 354 g/mol. The van der Waals surface area contributed by atoms with Gasteiger partial charge in [-0.15, -0.1) is 0 Å². The minimum atomic E-state index is 0.654. The van der Waals surface area contributed by atoms with Crippen LogP contribution in [0.25, 0.3) is 0 Å². The molecule has 29 heavy (non-hydrogen) atoms. The zero-order valence-electron chi connectivity index (χ0n) is 20.4. The van der Waals surface area contributed by atoms with Crippen LogP contribution in [0.1, 0.15) is 142 Å². The van der Waals surface area contributed by atoms with Crippen molar-refractivity contribution in [2.45, 2.75) is 154 Å². The molecule has 5 N–H and O–H groups in total. The number of nitrogens with one attached hydrogen (secondary N) is 1. The molecule has 3 nitrogen and oxygen atoms in total. The van der Waals surface area contributed by atoms with Crippen LogP contribution in [0.4, 0.5) is 0 Å². The molecule has 0 aliphatic heterocycles. The van der Waals surface area contributed by atoms with Gasteiger partial charge >= 0.3 is 0 Å². The van der Waals surface area contributed by atoms with Gasteiger partial charge < -0.3 is 16.8 Å². The van der Waals surface area contributed by atoms with Gasteiger partial charge in [-0.2, -0.15) is 0 Å². The Kier molecular flexibility index (Phi) is 24.1. The minimum absolute atomic E-state index is 0.654. The van der Waals surface area contributed by atoms with Crippen molar-refractivity contribution in [3.05, 3.63) is 0 Å². The molecule has 0 aliphatic carbocycles. The first kappa shape index (κ1) is 28.9. The summed E-state index contributed by atoms with van der Waals surface area (Å²) in [5.74, 6) is 0. The van der Waals surface area contributed by atoms with E-state index in [4.69, 9.17) is 11.5 Å². The Bertz CT molecular complexity index is 268. The fourth-order valence-electron chi connectivity index (χ4n) is 4.38. The van der Waals surface area contributed by atoms with Gasteiger partial charge in [0.1, 0.15) is 0 Å². The molecule has 176 valence electrons. The summed E-state index contributed by atoms with van der Waals surface area (Å²) in [6.07, 6.45) is 27.0. The Balaban J connectivity index is 4.17. The van der Waals surface area contributed by atoms with Crippen LogP contribution in [0.2, 0.25) is 0 Å². The lowest BCUT2D eigenvalue weighted by Gasteiger charge is -2.26. The summed E-state index contributed by atoms with van der Waals surface area (Å²) in [5, 5.41) is 4.04. The van der Waals surface area contributed by atoms with Gasteiger partial charge in [0.2, 0.25) is 0 Å². The predicted molar refractivity (Wildman–Crippen MR) is 133 cm³/mol. The van der Waals surface area contributed by atoms with Gasteiger partial charge in [-0.25, -0.2) is 0 Å². The number of hydrogen-bond donors (Lipinski definition) is 3. The fourth-order valence-corrected chi connectivity index (χ4v) is 4.38. The van der Waals surface area contributed by atoms with Crippen molar-refractivity contribution in [3.63, 3.8) is 0 Å². The zero-order valence-corrected chi connectivity index (χ0v) is 20.4. The van der Waals surface area contributed by atoms with Crippen LogP contribution in [-0.2, 0) is 0 Å². The van der Waals surface area contributed by atoms with Crippen molar-refractivity contribution in [3.8, 4) is 0 Å². The Morgan fingerprint density at radius 1 is 0.448 bits per heavy atom. The van der Waals surface area contributed by atoms with Gasteiger partial charge in [0.05, 0.1) is 0 Å². The van der Waals surface area contributed by atoms with Crippen LogP contribution in [0.5, 0.6) is 0 Å². The van der Waals surface area contributed by atoms with E-state index >= 15 is 0 Å². The van der Waals surface area contributed by atoms with E-state index in [-0.39, 0.29) is 0 Å². The topological polar surface area (TPSA) is 64.1 Å². The maximum Gasteiger partial charge on any atom is 0.00701 e. The lowest BCUT2D eigenvalue weighted by Crippen LogP contribution is -2.39. The molecule has 3 heteroatoms. The first-order valence-corrected chi connectivity index (χ1v) is 13.4. The smallest absolute Gasteiger partial charge is 0.00701 e. The van der Waals surface area contributed by atoms with Crippen molar-refractivity contribution < 1.29 is 0 Å². The summed E-state index contributed by atoms with van der Waals surface area (Å²) in [5.41, 5.74) is 11.6. The number of nitrogens with two attached hydrogens (primary N) is 2. The average Bonchev–Trinajstić information content (AvgIpc) is 2.73. The maximum atomic E-state index is 5.81. The van der Waals surface area contributed by atoms with Gasteiger partial charge in [0.15, 0.2) is 0 Å². The Labute approximate surface area is 184 Å². The van der Waals surface area contributed by atoms with E-state index in [1.54, 1.807) is 0 Å². The van der Waals surface area contributed by atoms with E-state index in [0.29, 0.717) is 12.1 Å². The second-order valence-corrected chi connectivity index (χ2v) is 9.24. The van der Waals surface area contributed by atoms with Crippen molar-refractivity contribution in [2.75, 3.05) is 13.1 Å². The summed E-state index contributed by atoms with van der Waals surface area (Å²) in [6, 6.07) is 1.31. The standard InChI is InChI=1S/C26H57N3/c1-3-5-7-9-11-13-15-19-25(21-17-23-27)29-26(22-18-24-28)20-16-14-12-10-8-6-4-2/h25-26,29H,3-24,27-28H2,1-2H3. The number of unbranched alkanes of at least 4 members (excludes halogenated alkanes) is 12. The van der Waals surface area contributed by atoms with E-state index in [1.165, 1.54) is 116 Å². The molecule has 0 aromatic heterocycles. The number of hydrogen-bond acceptors (Lipinski definition) is 3. The van der Waals surface area contributed by atoms with Crippen LogP contribution in [0.3, 0.4) is 0 Å². The first-order chi connectivity index (χ1) is 14.3. The lowest BCUT2D eigenvalue weighted by molar-refractivity contribution is 0.337. The van der Waals surface area contributed by atoms with Crippen LogP contribution in [0, 0.1) is 0 Å². The van der Waals surface area contributed by atoms with E-state index < -0.39 is 0 Å². The lowest BCUT2D eigenvalue weighted by atomic mass is 9.97. The Morgan fingerprint density at radius 2 is 0.759 bits per heavy atom. The van der Waals surface area contributed by atoms with Crippen molar-refractivity contribution in [1.29, 1.82) is 0 Å². The monoisotopic (exact) mass is 411 g/mol. The zero-order chi connectivity index (χ0) is 21.4. The second kappa shape index (κ2) is 24.2. The van der Waals surface area contributed by atoms with Crippen LogP contribution in [0.15, 0.2) is 0 Å². The molecule has 0 saturated carbocycles. The molecule has 0 bridgehead atoms. The van der Waals surface area contributed by atoms with Crippen LogP contribution >= 0.6 is 0 Å². The molecule has 0 saturated heterocycles. The molecule has 2 atom stereocenters. The molecule has 0 aromatic carbocycles. The van der Waals surface area contributed by atoms with Crippen molar-refractivity contribution >= 4 is 0 Å². The molecule has 0 aliphatic rings. The second-order valence-electron chi connectivity index (χ2n) is 9.24. The summed E-state index contributed by atoms with van der Waals surface area (Å²) < 4.78 is 0. The highest BCUT2D eigenvalue weighted by molar-refractivity contribution is 4.75. The average molecular weight is 412 g/mol. The molecule has 0 aromatic rings. The molecule has 0 fully saturated rings. The van der Waals surface area contributed by atoms with Gasteiger partial charge in [-0.05, 0) is 51.6 Å². The molecule has 0 spiro atoms. The highest BCUT2D eigenvalue weighted by Crippen LogP contribution is 2.16. The van der Waals surface area contributed by atoms with Crippen LogP contribution in [-0.4, -0.2) is 25.2 Å². The number of rotatable bonds is 24. The molecule has 0 heterocycles. The summed E-state index contributed by atoms with van der Waals surface area (Å²) >= 11 is 0. The molecule has 0 amide bonds.